The van der Waals surface area contributed by atoms with Crippen LogP contribution in [0.4, 0.5) is 4.39 Å². The maximum atomic E-state index is 15.0. The molecule has 1 heterocycles. The highest BCUT2D eigenvalue weighted by molar-refractivity contribution is 5.86. The van der Waals surface area contributed by atoms with Crippen LogP contribution in [0.1, 0.15) is 81.2 Å². The van der Waals surface area contributed by atoms with Crippen LogP contribution >= 0.6 is 0 Å². The fourth-order valence-electron chi connectivity index (χ4n) is 5.13. The highest BCUT2D eigenvalue weighted by Crippen LogP contribution is 2.45. The number of aromatic nitrogens is 1. The first kappa shape index (κ1) is 27.4. The predicted octanol–water partition coefficient (Wildman–Crippen LogP) is 8.47. The van der Waals surface area contributed by atoms with Crippen LogP contribution in [0.5, 0.6) is 5.75 Å². The summed E-state index contributed by atoms with van der Waals surface area (Å²) in [5.41, 5.74) is 3.86. The molecule has 1 aromatic heterocycles. The minimum Gasteiger partial charge on any atom is -0.497 e. The molecule has 1 fully saturated rings. The van der Waals surface area contributed by atoms with Crippen molar-refractivity contribution < 1.29 is 23.6 Å². The second-order valence-corrected chi connectivity index (χ2v) is 10.8. The first-order chi connectivity index (χ1) is 18.1. The SMILES string of the molecule is C=C(c1c(-c2cc(OC)ccc2F)noc1/C=C\c1cccc([C@@H](CC(=O)O)C2CC2)c1)C(C)(C)CCC. The third kappa shape index (κ3) is 6.07. The van der Waals surface area contributed by atoms with Crippen molar-refractivity contribution in [2.75, 3.05) is 7.11 Å². The largest absolute Gasteiger partial charge is 0.497 e. The zero-order valence-electron chi connectivity index (χ0n) is 22.6. The monoisotopic (exact) mass is 517 g/mol. The molecule has 5 nitrogen and oxygen atoms in total. The molecule has 1 atom stereocenters. The number of carboxylic acid groups (broad SMARTS) is 1. The molecule has 1 aliphatic rings. The van der Waals surface area contributed by atoms with Gasteiger partial charge in [0.15, 0.2) is 5.76 Å². The van der Waals surface area contributed by atoms with E-state index in [0.717, 1.165) is 42.4 Å². The molecule has 2 aromatic carbocycles. The van der Waals surface area contributed by atoms with Crippen LogP contribution in [0.3, 0.4) is 0 Å². The van der Waals surface area contributed by atoms with Gasteiger partial charge in [-0.1, -0.05) is 69.3 Å². The normalized spacial score (nSPS) is 14.6. The van der Waals surface area contributed by atoms with Gasteiger partial charge in [0, 0.05) is 5.56 Å². The highest BCUT2D eigenvalue weighted by atomic mass is 19.1. The number of hydrogen-bond donors (Lipinski definition) is 1. The number of ether oxygens (including phenoxy) is 1. The van der Waals surface area contributed by atoms with Crippen molar-refractivity contribution in [3.05, 3.63) is 77.3 Å². The van der Waals surface area contributed by atoms with E-state index >= 15 is 0 Å². The van der Waals surface area contributed by atoms with E-state index in [1.165, 1.54) is 13.2 Å². The molecule has 0 spiro atoms. The summed E-state index contributed by atoms with van der Waals surface area (Å²) >= 11 is 0. The summed E-state index contributed by atoms with van der Waals surface area (Å²) in [5, 5.41) is 13.7. The van der Waals surface area contributed by atoms with E-state index < -0.39 is 11.8 Å². The van der Waals surface area contributed by atoms with Crippen molar-refractivity contribution in [2.45, 2.75) is 58.8 Å². The number of halogens is 1. The minimum atomic E-state index is -0.778. The Kier molecular flexibility index (Phi) is 8.20. The van der Waals surface area contributed by atoms with Crippen molar-refractivity contribution >= 4 is 23.7 Å². The van der Waals surface area contributed by atoms with E-state index in [2.05, 4.69) is 32.5 Å². The second kappa shape index (κ2) is 11.4. The van der Waals surface area contributed by atoms with Crippen LogP contribution in [0.2, 0.25) is 0 Å². The van der Waals surface area contributed by atoms with Crippen molar-refractivity contribution in [3.8, 4) is 17.0 Å². The van der Waals surface area contributed by atoms with E-state index in [-0.39, 0.29) is 17.8 Å². The van der Waals surface area contributed by atoms with Gasteiger partial charge in [-0.25, -0.2) is 4.39 Å². The van der Waals surface area contributed by atoms with Gasteiger partial charge in [-0.05, 0) is 77.5 Å². The van der Waals surface area contributed by atoms with Crippen LogP contribution < -0.4 is 4.74 Å². The molecule has 200 valence electrons. The number of methoxy groups -OCH3 is 1. The van der Waals surface area contributed by atoms with E-state index in [9.17, 15) is 14.3 Å². The van der Waals surface area contributed by atoms with Crippen molar-refractivity contribution in [1.82, 2.24) is 5.16 Å². The molecule has 1 aliphatic carbocycles. The lowest BCUT2D eigenvalue weighted by molar-refractivity contribution is -0.137. The fourth-order valence-corrected chi connectivity index (χ4v) is 5.13. The Labute approximate surface area is 224 Å². The molecule has 4 rings (SSSR count). The van der Waals surface area contributed by atoms with E-state index in [1.54, 1.807) is 12.1 Å². The van der Waals surface area contributed by atoms with Gasteiger partial charge in [0.25, 0.3) is 0 Å². The third-order valence-corrected chi connectivity index (χ3v) is 7.49. The van der Waals surface area contributed by atoms with Crippen LogP contribution in [0, 0.1) is 17.2 Å². The first-order valence-electron chi connectivity index (χ1n) is 13.2. The van der Waals surface area contributed by atoms with Crippen molar-refractivity contribution in [2.24, 2.45) is 11.3 Å². The molecule has 0 bridgehead atoms. The standard InChI is InChI=1S/C32H36FNO4/c1-6-16-32(3,4)20(2)30-28(38-34-31(30)26-18-24(37-5)13-14-27(26)33)15-10-21-8-7-9-23(17-21)25(19-29(35)36)22-11-12-22/h7-10,13-15,17-18,22,25H,2,6,11-12,16,19H2,1,3-5H3,(H,35,36)/b15-10-/t25-/m0/s1. The third-order valence-electron chi connectivity index (χ3n) is 7.49. The average Bonchev–Trinajstić information content (AvgIpc) is 3.65. The fraction of sp³-hybridized carbons (Fsp3) is 0.375. The molecule has 1 saturated carbocycles. The molecule has 0 amide bonds. The maximum absolute atomic E-state index is 15.0. The van der Waals surface area contributed by atoms with Gasteiger partial charge in [-0.3, -0.25) is 4.79 Å². The number of benzene rings is 2. The maximum Gasteiger partial charge on any atom is 0.303 e. The summed E-state index contributed by atoms with van der Waals surface area (Å²) < 4.78 is 26.1. The lowest BCUT2D eigenvalue weighted by Crippen LogP contribution is -2.13. The molecule has 0 aliphatic heterocycles. The van der Waals surface area contributed by atoms with Gasteiger partial charge >= 0.3 is 5.97 Å². The van der Waals surface area contributed by atoms with Crippen LogP contribution in [-0.4, -0.2) is 23.3 Å². The Bertz CT molecular complexity index is 1350. The number of carboxylic acids is 1. The summed E-state index contributed by atoms with van der Waals surface area (Å²) in [4.78, 5) is 11.4. The number of hydrogen-bond acceptors (Lipinski definition) is 4. The Morgan fingerprint density at radius 1 is 1.26 bits per heavy atom. The zero-order valence-corrected chi connectivity index (χ0v) is 22.6. The van der Waals surface area contributed by atoms with E-state index in [4.69, 9.17) is 9.26 Å². The van der Waals surface area contributed by atoms with Gasteiger partial charge in [-0.2, -0.15) is 0 Å². The molecule has 0 radical (unpaired) electrons. The van der Waals surface area contributed by atoms with Crippen molar-refractivity contribution in [1.29, 1.82) is 0 Å². The smallest absolute Gasteiger partial charge is 0.303 e. The lowest BCUT2D eigenvalue weighted by atomic mass is 9.76. The van der Waals surface area contributed by atoms with Crippen molar-refractivity contribution in [3.63, 3.8) is 0 Å². The summed E-state index contributed by atoms with van der Waals surface area (Å²) in [6, 6.07) is 12.5. The Morgan fingerprint density at radius 3 is 2.68 bits per heavy atom. The Morgan fingerprint density at radius 2 is 2.03 bits per heavy atom. The molecular weight excluding hydrogens is 481 g/mol. The molecule has 3 aromatic rings. The predicted molar refractivity (Wildman–Crippen MR) is 149 cm³/mol. The van der Waals surface area contributed by atoms with E-state index in [1.807, 2.05) is 36.4 Å². The second-order valence-electron chi connectivity index (χ2n) is 10.8. The topological polar surface area (TPSA) is 72.6 Å². The lowest BCUT2D eigenvalue weighted by Gasteiger charge is -2.27. The van der Waals surface area contributed by atoms with E-state index in [0.29, 0.717) is 34.2 Å². The molecule has 0 unspecified atom stereocenters. The number of carbonyl (C=O) groups is 1. The van der Waals surface area contributed by atoms with Gasteiger partial charge in [0.1, 0.15) is 17.3 Å². The summed E-state index contributed by atoms with van der Waals surface area (Å²) in [5.74, 6) is 0.254. The molecular formula is C32H36FNO4. The number of allylic oxidation sites excluding steroid dienone is 1. The first-order valence-corrected chi connectivity index (χ1v) is 13.2. The summed E-state index contributed by atoms with van der Waals surface area (Å²) in [7, 11) is 1.54. The van der Waals surface area contributed by atoms with Gasteiger partial charge in [0.05, 0.1) is 19.1 Å². The molecule has 0 saturated heterocycles. The Balaban J connectivity index is 1.75. The highest BCUT2D eigenvalue weighted by Gasteiger charge is 2.34. The number of nitrogens with zero attached hydrogens (tertiary/aromatic N) is 1. The molecule has 38 heavy (non-hydrogen) atoms. The Hall–Kier alpha value is -3.67. The van der Waals surface area contributed by atoms with Crippen LogP contribution in [0.25, 0.3) is 29.0 Å². The average molecular weight is 518 g/mol. The quantitative estimate of drug-likeness (QED) is 0.261. The number of aliphatic carboxylic acids is 1. The summed E-state index contributed by atoms with van der Waals surface area (Å²) in [6.45, 7) is 10.8. The number of rotatable bonds is 12. The van der Waals surface area contributed by atoms with Gasteiger partial charge in [0.2, 0.25) is 0 Å². The minimum absolute atomic E-state index is 0.0129. The molecule has 1 N–H and O–H groups in total. The zero-order chi connectivity index (χ0) is 27.4. The molecule has 6 heteroatoms. The van der Waals surface area contributed by atoms with Crippen LogP contribution in [0.15, 0.2) is 53.6 Å². The van der Waals surface area contributed by atoms with Gasteiger partial charge in [-0.15, -0.1) is 0 Å². The van der Waals surface area contributed by atoms with Gasteiger partial charge < -0.3 is 14.4 Å². The van der Waals surface area contributed by atoms with Crippen LogP contribution in [-0.2, 0) is 4.79 Å². The summed E-state index contributed by atoms with van der Waals surface area (Å²) in [6.07, 6.45) is 7.89.